The normalized spacial score (nSPS) is 11.0. The fourth-order valence-electron chi connectivity index (χ4n) is 2.86. The molecule has 3 rings (SSSR count). The number of alkyl halides is 2. The van der Waals surface area contributed by atoms with Crippen molar-refractivity contribution in [3.8, 4) is 6.07 Å². The zero-order chi connectivity index (χ0) is 24.0. The minimum absolute atomic E-state index is 0.0660. The Bertz CT molecular complexity index is 1310. The van der Waals surface area contributed by atoms with E-state index in [1.165, 1.54) is 36.4 Å². The van der Waals surface area contributed by atoms with Crippen molar-refractivity contribution in [1.82, 2.24) is 0 Å². The third kappa shape index (κ3) is 6.44. The van der Waals surface area contributed by atoms with Gasteiger partial charge in [-0.2, -0.15) is 14.0 Å². The van der Waals surface area contributed by atoms with Gasteiger partial charge in [-0.15, -0.1) is 0 Å². The minimum atomic E-state index is -4.03. The van der Waals surface area contributed by atoms with Crippen molar-refractivity contribution in [3.05, 3.63) is 77.9 Å². The van der Waals surface area contributed by atoms with Crippen molar-refractivity contribution >= 4 is 44.9 Å². The molecule has 3 N–H and O–H groups in total. The molecule has 0 aliphatic carbocycles. The van der Waals surface area contributed by atoms with Crippen LogP contribution in [0.25, 0.3) is 0 Å². The van der Waals surface area contributed by atoms with Crippen molar-refractivity contribution in [2.45, 2.75) is 22.5 Å². The number of urea groups is 1. The van der Waals surface area contributed by atoms with Crippen LogP contribution < -0.4 is 15.4 Å². The lowest BCUT2D eigenvalue weighted by Gasteiger charge is -2.13. The molecule has 0 aromatic heterocycles. The van der Waals surface area contributed by atoms with E-state index in [0.29, 0.717) is 27.9 Å². The number of aryl methyl sites for hydroxylation is 1. The second-order valence-electron chi connectivity index (χ2n) is 6.73. The van der Waals surface area contributed by atoms with E-state index in [4.69, 9.17) is 5.26 Å². The zero-order valence-corrected chi connectivity index (χ0v) is 18.8. The highest BCUT2D eigenvalue weighted by Gasteiger charge is 2.19. The fourth-order valence-corrected chi connectivity index (χ4v) is 4.69. The fraction of sp³-hybridized carbons (Fsp3) is 0.0909. The molecular formula is C22H18F2N4O3S2. The maximum Gasteiger partial charge on any atom is 0.323 e. The molecule has 0 aliphatic rings. The van der Waals surface area contributed by atoms with Crippen LogP contribution in [0.5, 0.6) is 0 Å². The Labute approximate surface area is 193 Å². The van der Waals surface area contributed by atoms with Crippen LogP contribution in [0.3, 0.4) is 0 Å². The average Bonchev–Trinajstić information content (AvgIpc) is 2.76. The minimum Gasteiger partial charge on any atom is -0.308 e. The first-order chi connectivity index (χ1) is 15.7. The molecule has 170 valence electrons. The first-order valence-corrected chi connectivity index (χ1v) is 11.8. The van der Waals surface area contributed by atoms with Gasteiger partial charge in [0, 0.05) is 16.3 Å². The molecule has 33 heavy (non-hydrogen) atoms. The SMILES string of the molecule is Cc1ccc(NC(=O)Nc2ccccc2C#N)cc1S(=O)(=O)Nc1ccc(SC(F)F)cc1. The van der Waals surface area contributed by atoms with E-state index in [9.17, 15) is 22.0 Å². The largest absolute Gasteiger partial charge is 0.323 e. The number of para-hydroxylation sites is 1. The van der Waals surface area contributed by atoms with Crippen LogP contribution in [0.2, 0.25) is 0 Å². The Morgan fingerprint density at radius 1 is 1.00 bits per heavy atom. The number of hydrogen-bond acceptors (Lipinski definition) is 5. The van der Waals surface area contributed by atoms with E-state index in [1.807, 2.05) is 6.07 Å². The summed E-state index contributed by atoms with van der Waals surface area (Å²) in [7, 11) is -4.03. The second-order valence-corrected chi connectivity index (χ2v) is 9.44. The topological polar surface area (TPSA) is 111 Å². The van der Waals surface area contributed by atoms with Crippen molar-refractivity contribution in [1.29, 1.82) is 5.26 Å². The molecule has 0 spiro atoms. The second kappa shape index (κ2) is 10.3. The van der Waals surface area contributed by atoms with Crippen LogP contribution in [-0.4, -0.2) is 20.2 Å². The van der Waals surface area contributed by atoms with Gasteiger partial charge in [0.25, 0.3) is 15.8 Å². The Kier molecular flexibility index (Phi) is 7.52. The third-order valence-electron chi connectivity index (χ3n) is 4.36. The number of carbonyl (C=O) groups is 1. The van der Waals surface area contributed by atoms with Gasteiger partial charge in [-0.1, -0.05) is 30.0 Å². The number of carbonyl (C=O) groups excluding carboxylic acids is 1. The lowest BCUT2D eigenvalue weighted by molar-refractivity contribution is 0.252. The molecule has 0 saturated heterocycles. The Balaban J connectivity index is 1.76. The van der Waals surface area contributed by atoms with Gasteiger partial charge in [0.1, 0.15) is 6.07 Å². The number of anilines is 3. The Morgan fingerprint density at radius 2 is 1.67 bits per heavy atom. The monoisotopic (exact) mass is 488 g/mol. The molecule has 0 bridgehead atoms. The standard InChI is InChI=1S/C22H18F2N4O3S2/c1-14-6-7-17(26-22(29)27-19-5-3-2-4-15(19)13-25)12-20(14)33(30,31)28-16-8-10-18(11-9-16)32-21(23)24/h2-12,21,28H,1H3,(H2,26,27,29). The maximum absolute atomic E-state index is 12.9. The molecule has 0 saturated carbocycles. The number of halogens is 2. The molecule has 3 aromatic rings. The molecule has 3 aromatic carbocycles. The van der Waals surface area contributed by atoms with Gasteiger partial charge in [-0.25, -0.2) is 13.2 Å². The summed E-state index contributed by atoms with van der Waals surface area (Å²) >= 11 is 0.360. The highest BCUT2D eigenvalue weighted by Crippen LogP contribution is 2.28. The Morgan fingerprint density at radius 3 is 2.33 bits per heavy atom. The predicted octanol–water partition coefficient (Wildman–Crippen LogP) is 5.63. The lowest BCUT2D eigenvalue weighted by Crippen LogP contribution is -2.21. The molecular weight excluding hydrogens is 470 g/mol. The average molecular weight is 489 g/mol. The molecule has 11 heteroatoms. The van der Waals surface area contributed by atoms with E-state index < -0.39 is 21.8 Å². The number of nitriles is 1. The molecule has 2 amide bonds. The summed E-state index contributed by atoms with van der Waals surface area (Å²) in [6, 6.07) is 17.7. The van der Waals surface area contributed by atoms with Gasteiger partial charge in [0.05, 0.1) is 16.1 Å². The molecule has 0 heterocycles. The van der Waals surface area contributed by atoms with Gasteiger partial charge < -0.3 is 10.6 Å². The zero-order valence-electron chi connectivity index (χ0n) is 17.2. The molecule has 7 nitrogen and oxygen atoms in total. The molecule has 0 fully saturated rings. The predicted molar refractivity (Wildman–Crippen MR) is 124 cm³/mol. The summed E-state index contributed by atoms with van der Waals surface area (Å²) in [5.41, 5.74) is 1.46. The highest BCUT2D eigenvalue weighted by molar-refractivity contribution is 7.99. The quantitative estimate of drug-likeness (QED) is 0.374. The first-order valence-electron chi connectivity index (χ1n) is 9.43. The number of hydrogen-bond donors (Lipinski definition) is 3. The maximum atomic E-state index is 12.9. The van der Waals surface area contributed by atoms with Crippen molar-refractivity contribution in [2.75, 3.05) is 15.4 Å². The summed E-state index contributed by atoms with van der Waals surface area (Å²) in [6.45, 7) is 1.60. The summed E-state index contributed by atoms with van der Waals surface area (Å²) in [4.78, 5) is 12.6. The van der Waals surface area contributed by atoms with Gasteiger partial charge in [0.15, 0.2) is 0 Å². The molecule has 0 radical (unpaired) electrons. The van der Waals surface area contributed by atoms with Gasteiger partial charge in [-0.3, -0.25) is 4.72 Å². The number of thioether (sulfide) groups is 1. The van der Waals surface area contributed by atoms with Crippen molar-refractivity contribution in [2.24, 2.45) is 0 Å². The summed E-state index contributed by atoms with van der Waals surface area (Å²) < 4.78 is 53.1. The van der Waals surface area contributed by atoms with Gasteiger partial charge in [0.2, 0.25) is 0 Å². The first kappa shape index (κ1) is 24.0. The highest BCUT2D eigenvalue weighted by atomic mass is 32.2. The van der Waals surface area contributed by atoms with Gasteiger partial charge >= 0.3 is 6.03 Å². The number of nitrogens with one attached hydrogen (secondary N) is 3. The van der Waals surface area contributed by atoms with Crippen LogP contribution in [0.1, 0.15) is 11.1 Å². The van der Waals surface area contributed by atoms with E-state index in [1.54, 1.807) is 37.3 Å². The van der Waals surface area contributed by atoms with E-state index in [-0.39, 0.29) is 21.8 Å². The number of rotatable bonds is 7. The van der Waals surface area contributed by atoms with Crippen LogP contribution in [-0.2, 0) is 10.0 Å². The number of benzene rings is 3. The number of nitrogens with zero attached hydrogens (tertiary/aromatic N) is 1. The van der Waals surface area contributed by atoms with E-state index >= 15 is 0 Å². The smallest absolute Gasteiger partial charge is 0.308 e. The van der Waals surface area contributed by atoms with E-state index in [0.717, 1.165) is 0 Å². The lowest BCUT2D eigenvalue weighted by atomic mass is 10.2. The molecule has 0 unspecified atom stereocenters. The molecule has 0 atom stereocenters. The van der Waals surface area contributed by atoms with Gasteiger partial charge in [-0.05, 0) is 61.0 Å². The third-order valence-corrected chi connectivity index (χ3v) is 6.61. The summed E-state index contributed by atoms with van der Waals surface area (Å²) in [5.74, 6) is -2.57. The van der Waals surface area contributed by atoms with E-state index in [2.05, 4.69) is 15.4 Å². The van der Waals surface area contributed by atoms with Crippen molar-refractivity contribution in [3.63, 3.8) is 0 Å². The van der Waals surface area contributed by atoms with Crippen LogP contribution in [0.4, 0.5) is 30.6 Å². The van der Waals surface area contributed by atoms with Crippen molar-refractivity contribution < 1.29 is 22.0 Å². The summed E-state index contributed by atoms with van der Waals surface area (Å²) in [6.07, 6.45) is 0. The Hall–Kier alpha value is -3.62. The summed E-state index contributed by atoms with van der Waals surface area (Å²) in [5, 5.41) is 14.2. The molecule has 0 aliphatic heterocycles. The van der Waals surface area contributed by atoms with Crippen LogP contribution >= 0.6 is 11.8 Å². The number of amides is 2. The van der Waals surface area contributed by atoms with Crippen LogP contribution in [0.15, 0.2) is 76.5 Å². The van der Waals surface area contributed by atoms with Crippen LogP contribution in [0, 0.1) is 18.3 Å². The number of sulfonamides is 1.